The molecule has 2 aromatic rings. The van der Waals surface area contributed by atoms with Crippen LogP contribution in [0.25, 0.3) is 10.9 Å². The van der Waals surface area contributed by atoms with Crippen LogP contribution in [0.3, 0.4) is 0 Å². The zero-order valence-electron chi connectivity index (χ0n) is 20.1. The minimum atomic E-state index is -0.475. The van der Waals surface area contributed by atoms with Crippen molar-refractivity contribution in [3.8, 4) is 0 Å². The van der Waals surface area contributed by atoms with Gasteiger partial charge in [0.15, 0.2) is 0 Å². The van der Waals surface area contributed by atoms with Crippen molar-refractivity contribution < 1.29 is 9.59 Å². The molecule has 2 amide bonds. The fourth-order valence-electron chi connectivity index (χ4n) is 3.67. The molecule has 0 aliphatic carbocycles. The van der Waals surface area contributed by atoms with Crippen molar-refractivity contribution in [2.75, 3.05) is 19.6 Å². The molecule has 1 saturated heterocycles. The molecule has 3 rings (SSSR count). The van der Waals surface area contributed by atoms with Crippen LogP contribution in [0.15, 0.2) is 41.0 Å². The molecule has 12 heteroatoms. The summed E-state index contributed by atoms with van der Waals surface area (Å²) >= 11 is 13.3. The zero-order valence-corrected chi connectivity index (χ0v) is 22.4. The van der Waals surface area contributed by atoms with Crippen molar-refractivity contribution in [3.05, 3.63) is 46.7 Å². The number of aryl methyl sites for hydroxylation is 2. The Morgan fingerprint density at radius 2 is 2.11 bits per heavy atom. The summed E-state index contributed by atoms with van der Waals surface area (Å²) in [7, 11) is 2.02. The Balaban J connectivity index is 0.000000279. The predicted octanol–water partition coefficient (Wildman–Crippen LogP) is 3.85. The number of amides is 2. The van der Waals surface area contributed by atoms with E-state index in [4.69, 9.17) is 23.2 Å². The molecule has 0 radical (unpaired) electrons. The van der Waals surface area contributed by atoms with Crippen molar-refractivity contribution in [2.24, 2.45) is 17.0 Å². The van der Waals surface area contributed by atoms with Crippen LogP contribution in [-0.4, -0.2) is 59.0 Å². The summed E-state index contributed by atoms with van der Waals surface area (Å²) in [6.07, 6.45) is 3.75. The second-order valence-corrected chi connectivity index (χ2v) is 9.73. The predicted molar refractivity (Wildman–Crippen MR) is 147 cm³/mol. The molecule has 0 spiro atoms. The van der Waals surface area contributed by atoms with Gasteiger partial charge < -0.3 is 15.2 Å². The van der Waals surface area contributed by atoms with Crippen LogP contribution in [0.5, 0.6) is 0 Å². The van der Waals surface area contributed by atoms with E-state index in [0.717, 1.165) is 30.3 Å². The van der Waals surface area contributed by atoms with Crippen LogP contribution in [-0.2, 0) is 16.6 Å². The first-order valence-corrected chi connectivity index (χ1v) is 12.4. The number of aromatic nitrogens is 1. The van der Waals surface area contributed by atoms with E-state index in [9.17, 15) is 9.59 Å². The molecule has 1 aromatic carbocycles. The van der Waals surface area contributed by atoms with Gasteiger partial charge in [-0.15, -0.1) is 0 Å². The fraction of sp³-hybridized carbons (Fsp3) is 0.391. The molecular weight excluding hydrogens is 509 g/mol. The van der Waals surface area contributed by atoms with Gasteiger partial charge in [-0.2, -0.15) is 0 Å². The van der Waals surface area contributed by atoms with Gasteiger partial charge in [-0.3, -0.25) is 14.3 Å². The van der Waals surface area contributed by atoms with E-state index < -0.39 is 5.54 Å². The van der Waals surface area contributed by atoms with E-state index in [1.165, 1.54) is 31.0 Å². The summed E-state index contributed by atoms with van der Waals surface area (Å²) < 4.78 is 7.12. The summed E-state index contributed by atoms with van der Waals surface area (Å²) in [5, 5.41) is 7.90. The molecular formula is C23H31Cl2N7O2S. The third-order valence-corrected chi connectivity index (χ3v) is 7.23. The van der Waals surface area contributed by atoms with Gasteiger partial charge in [0.1, 0.15) is 0 Å². The third-order valence-electron chi connectivity index (χ3n) is 5.57. The lowest BCUT2D eigenvalue weighted by Crippen LogP contribution is -2.61. The Hall–Kier alpha value is -2.53. The number of carbonyl (C=O) groups excluding carboxylic acids is 2. The number of aliphatic imine (C=N–C) groups is 2. The monoisotopic (exact) mass is 539 g/mol. The number of nitrogens with zero attached hydrogens (tertiary/aromatic N) is 4. The molecule has 3 N–H and O–H groups in total. The zero-order chi connectivity index (χ0) is 26.0. The van der Waals surface area contributed by atoms with Crippen LogP contribution in [0.1, 0.15) is 25.5 Å². The van der Waals surface area contributed by atoms with Crippen molar-refractivity contribution >= 4 is 71.2 Å². The number of carbonyl (C=O) groups is 2. The first-order valence-electron chi connectivity index (χ1n) is 10.9. The topological polar surface area (TPSA) is 103 Å². The molecule has 1 unspecified atom stereocenters. The summed E-state index contributed by atoms with van der Waals surface area (Å²) in [5.41, 5.74) is 1.82. The first-order chi connectivity index (χ1) is 16.7. The van der Waals surface area contributed by atoms with E-state index in [-0.39, 0.29) is 5.91 Å². The van der Waals surface area contributed by atoms with E-state index in [1.807, 2.05) is 36.5 Å². The number of guanidine groups is 1. The number of fused-ring (bicyclic) bond motifs is 1. The first kappa shape index (κ1) is 28.7. The van der Waals surface area contributed by atoms with Crippen LogP contribution in [0, 0.1) is 6.92 Å². The number of piperidine rings is 1. The minimum Gasteiger partial charge on any atom is -0.354 e. The summed E-state index contributed by atoms with van der Waals surface area (Å²) in [4.78, 5) is 29.7. The molecule has 35 heavy (non-hydrogen) atoms. The van der Waals surface area contributed by atoms with Crippen LogP contribution in [0.2, 0.25) is 10.0 Å². The Labute approximate surface area is 220 Å². The molecule has 9 nitrogen and oxygen atoms in total. The maximum Gasteiger partial charge on any atom is 0.233 e. The van der Waals surface area contributed by atoms with E-state index in [0.29, 0.717) is 35.5 Å². The second-order valence-electron chi connectivity index (χ2n) is 8.04. The molecule has 0 saturated carbocycles. The third kappa shape index (κ3) is 7.99. The van der Waals surface area contributed by atoms with Crippen LogP contribution in [0.4, 0.5) is 0 Å². The highest BCUT2D eigenvalue weighted by molar-refractivity contribution is 7.95. The number of nitrogens with one attached hydrogen (secondary N) is 3. The van der Waals surface area contributed by atoms with Gasteiger partial charge in [-0.1, -0.05) is 29.8 Å². The second kappa shape index (κ2) is 13.5. The number of rotatable bonds is 7. The normalized spacial score (nSPS) is 18.3. The average Bonchev–Trinajstić information content (AvgIpc) is 3.13. The highest BCUT2D eigenvalue weighted by Gasteiger charge is 2.35. The molecule has 1 atom stereocenters. The molecule has 190 valence electrons. The quantitative estimate of drug-likeness (QED) is 0.214. The molecule has 1 aliphatic heterocycles. The molecule has 1 aromatic heterocycles. The Kier molecular flexibility index (Phi) is 11.1. The van der Waals surface area contributed by atoms with E-state index in [1.54, 1.807) is 0 Å². The van der Waals surface area contributed by atoms with Crippen molar-refractivity contribution in [3.63, 3.8) is 0 Å². The lowest BCUT2D eigenvalue weighted by atomic mass is 9.90. The average molecular weight is 541 g/mol. The van der Waals surface area contributed by atoms with Gasteiger partial charge in [0.05, 0.1) is 15.6 Å². The van der Waals surface area contributed by atoms with Crippen molar-refractivity contribution in [1.82, 2.24) is 24.2 Å². The Morgan fingerprint density at radius 3 is 2.74 bits per heavy atom. The SMILES string of the molecule is C=CN=C(N=C)NSN1CCCC(CNC(C)=O)(NC=O)C1.Cc1cc2c(Cl)c(Cl)ccc2n1C. The van der Waals surface area contributed by atoms with Crippen LogP contribution >= 0.6 is 35.3 Å². The van der Waals surface area contributed by atoms with Gasteiger partial charge in [-0.25, -0.2) is 14.3 Å². The molecule has 2 heterocycles. The van der Waals surface area contributed by atoms with Gasteiger partial charge >= 0.3 is 0 Å². The van der Waals surface area contributed by atoms with Crippen LogP contribution < -0.4 is 15.4 Å². The number of hydrogen-bond donors (Lipinski definition) is 3. The van der Waals surface area contributed by atoms with Crippen molar-refractivity contribution in [1.29, 1.82) is 0 Å². The maximum atomic E-state index is 11.1. The van der Waals surface area contributed by atoms with Gasteiger partial charge in [0.25, 0.3) is 0 Å². The molecule has 0 bridgehead atoms. The van der Waals surface area contributed by atoms with Gasteiger partial charge in [0.2, 0.25) is 18.3 Å². The van der Waals surface area contributed by atoms with Crippen molar-refractivity contribution in [2.45, 2.75) is 32.2 Å². The minimum absolute atomic E-state index is 0.119. The summed E-state index contributed by atoms with van der Waals surface area (Å²) in [6, 6.07) is 5.85. The van der Waals surface area contributed by atoms with Gasteiger partial charge in [-0.05, 0) is 44.7 Å². The number of benzene rings is 1. The standard InChI is InChI=1S/C13H22N6O2S.C10H9Cl2N/c1-4-15-12(14-3)18-22-19-7-5-6-13(9-19,17-10-20)8-16-11(2)21;1-6-5-7-9(13(6)2)4-3-8(11)10(7)12/h4,10H,1,3,5-9H2,2H3,(H,15,18)(H,16,21)(H,17,20);3-5H,1-2H3. The van der Waals surface area contributed by atoms with E-state index >= 15 is 0 Å². The Morgan fingerprint density at radius 1 is 1.37 bits per heavy atom. The van der Waals surface area contributed by atoms with E-state index in [2.05, 4.69) is 43.2 Å². The fourth-order valence-corrected chi connectivity index (χ4v) is 4.91. The summed E-state index contributed by atoms with van der Waals surface area (Å²) in [6.45, 7) is 12.3. The lowest BCUT2D eigenvalue weighted by Gasteiger charge is -2.41. The highest BCUT2D eigenvalue weighted by Crippen LogP contribution is 2.32. The molecule has 1 fully saturated rings. The smallest absolute Gasteiger partial charge is 0.233 e. The molecule has 1 aliphatic rings. The Bertz CT molecular complexity index is 1110. The maximum absolute atomic E-state index is 11.1. The summed E-state index contributed by atoms with van der Waals surface area (Å²) in [5.74, 6) is 0.243. The lowest BCUT2D eigenvalue weighted by molar-refractivity contribution is -0.120. The largest absolute Gasteiger partial charge is 0.354 e. The highest BCUT2D eigenvalue weighted by atomic mass is 35.5. The number of hydrogen-bond acceptors (Lipinski definition) is 5. The number of halogens is 2. The van der Waals surface area contributed by atoms with Gasteiger partial charge in [0, 0.05) is 68.5 Å².